The van der Waals surface area contributed by atoms with E-state index in [0.29, 0.717) is 38.0 Å². The number of nitrogens with zero attached hydrogens (tertiary/aromatic N) is 4. The molecule has 5 aliphatic rings. The number of ketones is 1. The van der Waals surface area contributed by atoms with E-state index in [2.05, 4.69) is 81.7 Å². The van der Waals surface area contributed by atoms with Gasteiger partial charge in [0.2, 0.25) is 47.7 Å². The molecule has 30 nitrogen and oxygen atoms in total. The molecule has 724 valence electrons. The number of aldehydes is 2. The normalized spacial score (nSPS) is 18.5. The second-order valence-electron chi connectivity index (χ2n) is 32.4. The summed E-state index contributed by atoms with van der Waals surface area (Å²) in [4.78, 5) is 151. The van der Waals surface area contributed by atoms with Crippen molar-refractivity contribution in [2.24, 2.45) is 17.8 Å². The van der Waals surface area contributed by atoms with Crippen LogP contribution in [-0.4, -0.2) is 227 Å². The van der Waals surface area contributed by atoms with Gasteiger partial charge < -0.3 is 86.6 Å². The number of benzene rings is 3. The topological polar surface area (TPSA) is 432 Å². The number of methoxy groups -OCH3 is 1. The number of aliphatic carboxylic acids is 1. The maximum absolute atomic E-state index is 13.5. The van der Waals surface area contributed by atoms with Crippen LogP contribution in [0.4, 0.5) is 35.9 Å². The number of aliphatic hydroxyl groups excluding tert-OH is 3. The van der Waals surface area contributed by atoms with Crippen LogP contribution in [0.5, 0.6) is 0 Å². The standard InChI is InChI=1S/C30H47N3O7.C23H31N3O4.C12H22N2O6.C11H11N.C6H12O.C2H3F3O.C2HF3O.C2H6.3CH4.H3N/c1-19(39-7)15-16-22(28(37)31-24-14-10-12-21-11-8-9-13-23(21)24)17-26(35)25(18-34)32-27(36)20(2)33(6)29(38)40-30(3,4)5;1-3-14(2)21(27)25-18-13-30-20-12-11-19(26(20)23(18)29)22(28)24-17-10-6-8-15-7-4-5-9-16(15)17;1-7(9(16)13-8(6-15)10(17)18)14(5)11(19)20-12(2,3)4;1-12-11-8-4-6-9-5-2-3-7-10(9)11;1-6(2)4-3-5-7;2*3-2(4,5)1-6;1-2;;;;/h8-9,11,13,19-20,22,24-25,34H,10,12,14-18H2,1-7H3,(H,31,37)(H,32,36);4-5,7,9,14,17-20H,3,6,8,10-13H2,1-2H3,(H,24,28)(H,25,27);7-8,15H,6H2,1-5H3,(H,13,16)(H,17,18);2-3,5,7,11H,4,6,8H2;5-6H,3-4H2,1-2H3;6H,1H2;1H;1-2H3;3*1H4;1H3/t19?,20-,22?,24+,25-;14-,17-,18+,19?,20+;7-,8-;11-;;;;;;;;/m0101......../s1/i;;;;;;1D;;;;;. The number of halogens is 6. The van der Waals surface area contributed by atoms with Gasteiger partial charge in [-0.15, -0.1) is 0 Å². The second-order valence-corrected chi connectivity index (χ2v) is 32.4. The molecule has 127 heavy (non-hydrogen) atoms. The summed E-state index contributed by atoms with van der Waals surface area (Å²) in [5.41, 5.74) is 5.98. The van der Waals surface area contributed by atoms with E-state index >= 15 is 0 Å². The smallest absolute Gasteiger partial charge is 0.446 e. The van der Waals surface area contributed by atoms with Crippen LogP contribution in [0, 0.1) is 24.3 Å². The molecule has 0 aromatic heterocycles. The number of amides is 8. The minimum atomic E-state index is -4.97. The molecule has 0 radical (unpaired) electrons. The number of aryl methyl sites for hydroxylation is 3. The Hall–Kier alpha value is -9.67. The van der Waals surface area contributed by atoms with E-state index in [1.807, 2.05) is 71.0 Å². The lowest BCUT2D eigenvalue weighted by atomic mass is 9.86. The summed E-state index contributed by atoms with van der Waals surface area (Å²) in [5.74, 6) is -4.03. The number of carbonyl (C=O) groups excluding carboxylic acids is 11. The maximum Gasteiger partial charge on any atom is 0.446 e. The molecule has 8 rings (SSSR count). The molecule has 0 bridgehead atoms. The Labute approximate surface area is 749 Å². The molecule has 0 saturated carbocycles. The summed E-state index contributed by atoms with van der Waals surface area (Å²) in [7, 11) is 4.39. The van der Waals surface area contributed by atoms with Crippen LogP contribution in [0.15, 0.2) is 72.8 Å². The number of carboxylic acids is 1. The predicted octanol–water partition coefficient (Wildman–Crippen LogP) is 14.2. The van der Waals surface area contributed by atoms with Crippen LogP contribution in [0.1, 0.15) is 269 Å². The van der Waals surface area contributed by atoms with E-state index in [4.69, 9.17) is 47.0 Å². The molecule has 13 atom stereocenters. The van der Waals surface area contributed by atoms with Crippen molar-refractivity contribution in [3.63, 3.8) is 0 Å². The summed E-state index contributed by atoms with van der Waals surface area (Å²) < 4.78 is 90.6. The van der Waals surface area contributed by atoms with Gasteiger partial charge in [0.25, 0.3) is 0 Å². The van der Waals surface area contributed by atoms with E-state index < -0.39 is 128 Å². The van der Waals surface area contributed by atoms with Gasteiger partial charge in [-0.2, -0.15) is 26.3 Å². The largest absolute Gasteiger partial charge is 0.480 e. The van der Waals surface area contributed by atoms with E-state index in [1.54, 1.807) is 53.6 Å². The zero-order valence-corrected chi connectivity index (χ0v) is 75.0. The fraction of sp³-hybridized carbons (Fsp3) is 0.659. The number of aliphatic hydroxyl groups is 3. The third kappa shape index (κ3) is 45.7. The molecule has 3 unspecified atom stereocenters. The third-order valence-electron chi connectivity index (χ3n) is 20.2. The Balaban J connectivity index is -0.000000768. The number of Topliss-reactive ketones (excluding diaryl/α,β-unsaturated/α-hetero) is 1. The van der Waals surface area contributed by atoms with Gasteiger partial charge in [-0.1, -0.05) is 137 Å². The van der Waals surface area contributed by atoms with Gasteiger partial charge >= 0.3 is 30.5 Å². The van der Waals surface area contributed by atoms with Crippen molar-refractivity contribution in [3.05, 3.63) is 118 Å². The minimum absolute atomic E-state index is 0. The van der Waals surface area contributed by atoms with Crippen molar-refractivity contribution in [1.29, 1.82) is 0 Å². The molecule has 36 heteroatoms. The highest BCUT2D eigenvalue weighted by Crippen LogP contribution is 2.36. The molecule has 3 aliphatic carbocycles. The van der Waals surface area contributed by atoms with Crippen LogP contribution in [0.2, 0.25) is 0 Å². The molecule has 2 saturated heterocycles. The number of hydrogen-bond donors (Lipinski definition) is 10. The number of hydrogen-bond acceptors (Lipinski definition) is 20. The van der Waals surface area contributed by atoms with E-state index in [9.17, 15) is 84.2 Å². The Bertz CT molecular complexity index is 3920. The molecule has 3 aromatic carbocycles. The molecule has 2 fully saturated rings. The van der Waals surface area contributed by atoms with Crippen molar-refractivity contribution in [2.75, 3.05) is 47.6 Å². The lowest BCUT2D eigenvalue weighted by Gasteiger charge is -2.38. The Morgan fingerprint density at radius 3 is 1.43 bits per heavy atom. The van der Waals surface area contributed by atoms with Gasteiger partial charge in [-0.25, -0.2) is 21.0 Å². The predicted molar refractivity (Wildman–Crippen MR) is 474 cm³/mol. The third-order valence-corrected chi connectivity index (χ3v) is 20.2. The number of rotatable bonds is 26. The molecular weight excluding hydrogens is 1670 g/mol. The first-order valence-electron chi connectivity index (χ1n) is 42.1. The first kappa shape index (κ1) is 121. The number of carbonyl (C=O) groups is 12. The quantitative estimate of drug-likeness (QED) is 0.0203. The number of ether oxygens (including phenoxy) is 4. The van der Waals surface area contributed by atoms with Gasteiger partial charge in [0.1, 0.15) is 67.9 Å². The molecule has 8 amide bonds. The molecule has 2 heterocycles. The number of carboxylic acid groups (broad SMARTS) is 1. The summed E-state index contributed by atoms with van der Waals surface area (Å²) in [5, 5.41) is 48.6. The minimum Gasteiger partial charge on any atom is -0.480 e. The zero-order chi connectivity index (χ0) is 94.7. The summed E-state index contributed by atoms with van der Waals surface area (Å²) in [6, 6.07) is 18.8. The summed E-state index contributed by atoms with van der Waals surface area (Å²) >= 11 is 0. The average Bonchev–Trinajstić information content (AvgIpc) is 1.62. The van der Waals surface area contributed by atoms with Gasteiger partial charge in [0.15, 0.2) is 5.78 Å². The van der Waals surface area contributed by atoms with E-state index in [1.165, 1.54) is 62.2 Å². The lowest BCUT2D eigenvalue weighted by molar-refractivity contribution is -0.167. The van der Waals surface area contributed by atoms with Crippen molar-refractivity contribution in [2.45, 2.75) is 326 Å². The van der Waals surface area contributed by atoms with E-state index in [-0.39, 0.29) is 101 Å². The molecule has 2 aliphatic heterocycles. The Morgan fingerprint density at radius 2 is 1.05 bits per heavy atom. The summed E-state index contributed by atoms with van der Waals surface area (Å²) in [6.45, 7) is 31.2. The zero-order valence-electron chi connectivity index (χ0n) is 76.0. The van der Waals surface area contributed by atoms with Gasteiger partial charge in [0.05, 0.1) is 38.0 Å². The highest BCUT2D eigenvalue weighted by atomic mass is 19.4. The van der Waals surface area contributed by atoms with Gasteiger partial charge in [0, 0.05) is 57.9 Å². The highest BCUT2D eigenvalue weighted by Gasteiger charge is 2.48. The van der Waals surface area contributed by atoms with Crippen LogP contribution < -0.4 is 32.7 Å². The van der Waals surface area contributed by atoms with Crippen molar-refractivity contribution < 1.29 is 125 Å². The van der Waals surface area contributed by atoms with Crippen LogP contribution >= 0.6 is 0 Å². The fourth-order valence-electron chi connectivity index (χ4n) is 12.8. The first-order valence-corrected chi connectivity index (χ1v) is 41.6. The van der Waals surface area contributed by atoms with Gasteiger partial charge in [-0.05, 0) is 186 Å². The highest BCUT2D eigenvalue weighted by molar-refractivity contribution is 5.95. The van der Waals surface area contributed by atoms with Crippen molar-refractivity contribution in [1.82, 2.24) is 47.4 Å². The fourth-order valence-corrected chi connectivity index (χ4v) is 12.8. The molecule has 12 N–H and O–H groups in total. The Morgan fingerprint density at radius 1 is 0.630 bits per heavy atom. The first-order chi connectivity index (χ1) is 57.9. The monoisotopic (exact) mass is 1820 g/mol. The second kappa shape index (κ2) is 61.7. The van der Waals surface area contributed by atoms with Crippen LogP contribution in [-0.2, 0) is 86.2 Å². The lowest BCUT2D eigenvalue weighted by Crippen LogP contribution is -2.61. The molecular formula is C91H148F6N10O20. The van der Waals surface area contributed by atoms with Crippen molar-refractivity contribution in [3.8, 4) is 0 Å². The maximum atomic E-state index is 13.5. The number of fused-ring (bicyclic) bond motifs is 4. The molecule has 3 aromatic rings. The molecule has 0 spiro atoms. The number of alkyl halides is 6. The summed E-state index contributed by atoms with van der Waals surface area (Å²) in [6.07, 6.45) is 0.778. The SMILES string of the molecule is C.C.C.CC.CC(C)CCC=O.CC[C@@H](C)C(=O)N[C@H]1CO[C@H]2CCC(C(=O)N[C@@H]3CCCc4ccccc43)N2C1=O.COC(C)CCC(CC(=O)[C@H](CO)NC(=O)[C@H](C)N(C)C(=O)OC(C)(C)C)C(=O)N[C@@H]1CCCc2ccccc21.C[C@@H](C(=O)N[C@@H](CO)C(=O)O)N(C)C(=O)OC(C)(C)C.N.OCC(F)(F)F.[2H]C(=O)C(F)(F)F.[C-]#[N+][C@@H]1CCCc2ccccc21. The van der Waals surface area contributed by atoms with Crippen molar-refractivity contribution >= 4 is 71.9 Å². The van der Waals surface area contributed by atoms with Crippen LogP contribution in [0.25, 0.3) is 4.85 Å². The van der Waals surface area contributed by atoms with Crippen LogP contribution in [0.3, 0.4) is 0 Å². The average molecular weight is 1820 g/mol. The van der Waals surface area contributed by atoms with E-state index in [0.717, 1.165) is 85.9 Å². The number of nitrogens with one attached hydrogen (secondary N) is 5. The Kier molecular flexibility index (Phi) is 59.0. The number of likely N-dealkylation sites (N-methyl/N-ethyl adjacent to an activating group) is 2. The van der Waals surface area contributed by atoms with Gasteiger partial charge in [-0.3, -0.25) is 48.2 Å².